The van der Waals surface area contributed by atoms with Gasteiger partial charge in [0.15, 0.2) is 0 Å². The summed E-state index contributed by atoms with van der Waals surface area (Å²) in [6.45, 7) is 14.6. The van der Waals surface area contributed by atoms with Gasteiger partial charge in [0, 0.05) is 19.6 Å². The first-order valence-corrected chi connectivity index (χ1v) is 10.4. The van der Waals surface area contributed by atoms with Crippen LogP contribution in [0.4, 0.5) is 0 Å². The number of rotatable bonds is 6. The summed E-state index contributed by atoms with van der Waals surface area (Å²) in [6, 6.07) is 0. The number of hydrogen-bond donors (Lipinski definition) is 0. The van der Waals surface area contributed by atoms with Gasteiger partial charge in [0.25, 0.3) is 0 Å². The maximum atomic E-state index is 2.77. The van der Waals surface area contributed by atoms with Gasteiger partial charge in [0.05, 0.1) is 0 Å². The highest BCUT2D eigenvalue weighted by Gasteiger charge is 2.43. The van der Waals surface area contributed by atoms with E-state index < -0.39 is 0 Å². The fraction of sp³-hybridized carbons (Fsp3) is 1.00. The molecule has 0 bridgehead atoms. The first-order chi connectivity index (χ1) is 11.2. The topological polar surface area (TPSA) is 9.72 Å². The van der Waals surface area contributed by atoms with Crippen LogP contribution in [0.3, 0.4) is 0 Å². The Labute approximate surface area is 143 Å². The van der Waals surface area contributed by atoms with Crippen LogP contribution in [0, 0.1) is 17.3 Å². The van der Waals surface area contributed by atoms with E-state index in [0.29, 0.717) is 0 Å². The van der Waals surface area contributed by atoms with E-state index >= 15 is 0 Å². The zero-order valence-electron chi connectivity index (χ0n) is 15.3. The lowest BCUT2D eigenvalue weighted by Crippen LogP contribution is -2.60. The Balaban J connectivity index is 1.10. The summed E-state index contributed by atoms with van der Waals surface area (Å²) in [5.41, 5.74) is 0.723. The van der Waals surface area contributed by atoms with E-state index in [9.17, 15) is 0 Å². The van der Waals surface area contributed by atoms with Crippen molar-refractivity contribution in [3.8, 4) is 0 Å². The van der Waals surface area contributed by atoms with Gasteiger partial charge in [-0.1, -0.05) is 6.92 Å². The van der Waals surface area contributed by atoms with Gasteiger partial charge in [-0.3, -0.25) is 0 Å². The fourth-order valence-electron chi connectivity index (χ4n) is 5.18. The minimum Gasteiger partial charge on any atom is -0.303 e. The second kappa shape index (κ2) is 7.01. The Bertz CT molecular complexity index is 368. The fourth-order valence-corrected chi connectivity index (χ4v) is 5.18. The van der Waals surface area contributed by atoms with Crippen LogP contribution in [0.25, 0.3) is 0 Å². The summed E-state index contributed by atoms with van der Waals surface area (Å²) in [7, 11) is 0. The van der Waals surface area contributed by atoms with E-state index in [0.717, 1.165) is 17.3 Å². The minimum absolute atomic E-state index is 0.723. The molecule has 3 nitrogen and oxygen atoms in total. The molecule has 3 saturated heterocycles. The highest BCUT2D eigenvalue weighted by Crippen LogP contribution is 2.40. The molecular formula is C20H37N3. The van der Waals surface area contributed by atoms with Gasteiger partial charge in [0.1, 0.15) is 0 Å². The van der Waals surface area contributed by atoms with Crippen LogP contribution in [-0.2, 0) is 0 Å². The summed E-state index contributed by atoms with van der Waals surface area (Å²) in [6.07, 6.45) is 10.3. The number of hydrogen-bond acceptors (Lipinski definition) is 3. The van der Waals surface area contributed by atoms with Crippen LogP contribution >= 0.6 is 0 Å². The highest BCUT2D eigenvalue weighted by molar-refractivity contribution is 4.97. The molecule has 0 unspecified atom stereocenters. The molecule has 0 aromatic rings. The molecule has 0 amide bonds. The van der Waals surface area contributed by atoms with Gasteiger partial charge >= 0.3 is 0 Å². The standard InChI is InChI=1S/C20H37N3/c1-2-21-16-20(17-21)8-13-22(14-9-20)10-5-18-6-11-23(12-7-18)15-19-3-4-19/h18-19H,2-17H2,1H3. The monoisotopic (exact) mass is 319 g/mol. The summed E-state index contributed by atoms with van der Waals surface area (Å²) in [5.74, 6) is 2.09. The third-order valence-electron chi connectivity index (χ3n) is 7.26. The predicted molar refractivity (Wildman–Crippen MR) is 96.7 cm³/mol. The van der Waals surface area contributed by atoms with Crippen LogP contribution in [0.5, 0.6) is 0 Å². The van der Waals surface area contributed by atoms with Crippen molar-refractivity contribution in [1.82, 2.24) is 14.7 Å². The van der Waals surface area contributed by atoms with Crippen LogP contribution in [0.2, 0.25) is 0 Å². The van der Waals surface area contributed by atoms with Crippen LogP contribution < -0.4 is 0 Å². The lowest BCUT2D eigenvalue weighted by molar-refractivity contribution is -0.0442. The Morgan fingerprint density at radius 2 is 1.48 bits per heavy atom. The average Bonchev–Trinajstić information content (AvgIpc) is 3.36. The molecule has 23 heavy (non-hydrogen) atoms. The molecule has 4 rings (SSSR count). The average molecular weight is 320 g/mol. The SMILES string of the molecule is CCN1CC2(CCN(CCC3CCN(CC4CC4)CC3)CC2)C1. The Kier molecular flexibility index (Phi) is 4.99. The van der Waals surface area contributed by atoms with Gasteiger partial charge in [-0.25, -0.2) is 0 Å². The van der Waals surface area contributed by atoms with Crippen molar-refractivity contribution in [2.75, 3.05) is 58.9 Å². The summed E-state index contributed by atoms with van der Waals surface area (Å²) < 4.78 is 0. The van der Waals surface area contributed by atoms with E-state index in [1.165, 1.54) is 104 Å². The predicted octanol–water partition coefficient (Wildman–Crippen LogP) is 2.92. The second-order valence-electron chi connectivity index (χ2n) is 9.12. The van der Waals surface area contributed by atoms with Crippen molar-refractivity contribution in [2.45, 2.75) is 51.9 Å². The first-order valence-electron chi connectivity index (χ1n) is 10.4. The first kappa shape index (κ1) is 16.4. The van der Waals surface area contributed by atoms with Crippen LogP contribution in [-0.4, -0.2) is 73.6 Å². The molecule has 3 aliphatic heterocycles. The van der Waals surface area contributed by atoms with Gasteiger partial charge in [-0.2, -0.15) is 0 Å². The number of nitrogens with zero attached hydrogens (tertiary/aromatic N) is 3. The lowest BCUT2D eigenvalue weighted by Gasteiger charge is -2.54. The smallest absolute Gasteiger partial charge is 0.00513 e. The van der Waals surface area contributed by atoms with Crippen molar-refractivity contribution in [1.29, 1.82) is 0 Å². The molecule has 0 atom stereocenters. The number of piperidine rings is 2. The molecular weight excluding hydrogens is 282 g/mol. The lowest BCUT2D eigenvalue weighted by atomic mass is 9.72. The third kappa shape index (κ3) is 4.11. The van der Waals surface area contributed by atoms with E-state index in [1.54, 1.807) is 0 Å². The summed E-state index contributed by atoms with van der Waals surface area (Å²) >= 11 is 0. The molecule has 1 aliphatic carbocycles. The van der Waals surface area contributed by atoms with E-state index in [2.05, 4.69) is 21.6 Å². The van der Waals surface area contributed by atoms with Crippen molar-refractivity contribution in [2.24, 2.45) is 17.3 Å². The summed E-state index contributed by atoms with van der Waals surface area (Å²) in [5, 5.41) is 0. The number of likely N-dealkylation sites (tertiary alicyclic amines) is 3. The molecule has 4 aliphatic rings. The van der Waals surface area contributed by atoms with Gasteiger partial charge < -0.3 is 14.7 Å². The van der Waals surface area contributed by atoms with Crippen molar-refractivity contribution in [3.63, 3.8) is 0 Å². The third-order valence-corrected chi connectivity index (χ3v) is 7.26. The van der Waals surface area contributed by atoms with Crippen molar-refractivity contribution in [3.05, 3.63) is 0 Å². The Morgan fingerprint density at radius 3 is 2.09 bits per heavy atom. The van der Waals surface area contributed by atoms with Crippen LogP contribution in [0.15, 0.2) is 0 Å². The zero-order chi connectivity index (χ0) is 15.7. The Morgan fingerprint density at radius 1 is 0.783 bits per heavy atom. The van der Waals surface area contributed by atoms with Gasteiger partial charge in [-0.15, -0.1) is 0 Å². The van der Waals surface area contributed by atoms with Gasteiger partial charge in [-0.05, 0) is 101 Å². The largest absolute Gasteiger partial charge is 0.303 e. The van der Waals surface area contributed by atoms with E-state index in [1.807, 2.05) is 0 Å². The van der Waals surface area contributed by atoms with Crippen molar-refractivity contribution < 1.29 is 0 Å². The zero-order valence-corrected chi connectivity index (χ0v) is 15.3. The van der Waals surface area contributed by atoms with E-state index in [-0.39, 0.29) is 0 Å². The maximum absolute atomic E-state index is 2.77. The molecule has 3 heterocycles. The normalized spacial score (nSPS) is 30.7. The van der Waals surface area contributed by atoms with E-state index in [4.69, 9.17) is 0 Å². The quantitative estimate of drug-likeness (QED) is 0.745. The molecule has 3 heteroatoms. The molecule has 0 aromatic heterocycles. The molecule has 0 aromatic carbocycles. The Hall–Kier alpha value is -0.120. The molecule has 1 spiro atoms. The molecule has 132 valence electrons. The molecule has 4 fully saturated rings. The minimum atomic E-state index is 0.723. The summed E-state index contributed by atoms with van der Waals surface area (Å²) in [4.78, 5) is 8.14. The van der Waals surface area contributed by atoms with Crippen LogP contribution in [0.1, 0.15) is 51.9 Å². The highest BCUT2D eigenvalue weighted by atomic mass is 15.2. The van der Waals surface area contributed by atoms with Crippen molar-refractivity contribution >= 4 is 0 Å². The maximum Gasteiger partial charge on any atom is 0.00513 e. The molecule has 0 radical (unpaired) electrons. The second-order valence-corrected chi connectivity index (χ2v) is 9.12. The molecule has 0 N–H and O–H groups in total. The van der Waals surface area contributed by atoms with Gasteiger partial charge in [0.2, 0.25) is 0 Å². The molecule has 1 saturated carbocycles.